The first kappa shape index (κ1) is 12.9. The molecule has 0 bridgehead atoms. The van der Waals surface area contributed by atoms with Crippen LogP contribution in [0.5, 0.6) is 5.75 Å². The van der Waals surface area contributed by atoms with Gasteiger partial charge in [0, 0.05) is 12.5 Å². The van der Waals surface area contributed by atoms with Crippen LogP contribution in [0.15, 0.2) is 12.1 Å². The number of benzene rings is 1. The summed E-state index contributed by atoms with van der Waals surface area (Å²) in [4.78, 5) is 10.7. The molecule has 1 aromatic carbocycles. The molecule has 0 radical (unpaired) electrons. The molecular weight excluding hydrogens is 354 g/mol. The Labute approximate surface area is 108 Å². The Morgan fingerprint density at radius 3 is 2.60 bits per heavy atom. The molecule has 0 aliphatic carbocycles. The molecule has 0 spiro atoms. The van der Waals surface area contributed by atoms with Crippen molar-refractivity contribution in [2.75, 3.05) is 0 Å². The van der Waals surface area contributed by atoms with E-state index < -0.39 is 11.8 Å². The predicted octanol–water partition coefficient (Wildman–Crippen LogP) is 4.19. The van der Waals surface area contributed by atoms with Crippen molar-refractivity contribution in [3.63, 3.8) is 0 Å². The molecule has 82 valence electrons. The van der Waals surface area contributed by atoms with Gasteiger partial charge in [-0.25, -0.2) is 4.39 Å². The second-order valence-electron chi connectivity index (χ2n) is 2.67. The van der Waals surface area contributed by atoms with Crippen LogP contribution in [0.3, 0.4) is 0 Å². The lowest BCUT2D eigenvalue weighted by Gasteiger charge is -2.10. The van der Waals surface area contributed by atoms with Crippen LogP contribution in [-0.4, -0.2) is 5.97 Å². The van der Waals surface area contributed by atoms with Crippen LogP contribution in [0.25, 0.3) is 0 Å². The lowest BCUT2D eigenvalue weighted by molar-refractivity contribution is -0.132. The molecule has 2 nitrogen and oxygen atoms in total. The number of ether oxygens (including phenoxy) is 1. The number of carbonyl (C=O) groups excluding carboxylic acids is 1. The van der Waals surface area contributed by atoms with Gasteiger partial charge in [-0.2, -0.15) is 0 Å². The van der Waals surface area contributed by atoms with Crippen molar-refractivity contribution in [3.8, 4) is 5.75 Å². The maximum Gasteiger partial charge on any atom is 0.308 e. The summed E-state index contributed by atoms with van der Waals surface area (Å²) in [7, 11) is 0. The molecule has 0 aromatic heterocycles. The SMILES string of the molecule is CC(=O)Oc1c(Cl)ccc(C(Br)Br)c1F. The Morgan fingerprint density at radius 1 is 1.53 bits per heavy atom. The van der Waals surface area contributed by atoms with Crippen molar-refractivity contribution in [2.24, 2.45) is 0 Å². The van der Waals surface area contributed by atoms with Crippen molar-refractivity contribution in [1.29, 1.82) is 0 Å². The van der Waals surface area contributed by atoms with Crippen LogP contribution < -0.4 is 4.74 Å². The summed E-state index contributed by atoms with van der Waals surface area (Å²) in [6, 6.07) is 2.96. The largest absolute Gasteiger partial charge is 0.422 e. The zero-order chi connectivity index (χ0) is 11.6. The maximum atomic E-state index is 13.7. The normalized spacial score (nSPS) is 10.5. The second kappa shape index (κ2) is 5.27. The number of esters is 1. The fourth-order valence-electron chi connectivity index (χ4n) is 0.954. The van der Waals surface area contributed by atoms with Crippen molar-refractivity contribution < 1.29 is 13.9 Å². The summed E-state index contributed by atoms with van der Waals surface area (Å²) < 4.78 is 18.0. The van der Waals surface area contributed by atoms with Crippen LogP contribution in [0.1, 0.15) is 16.2 Å². The van der Waals surface area contributed by atoms with E-state index >= 15 is 0 Å². The highest BCUT2D eigenvalue weighted by atomic mass is 79.9. The van der Waals surface area contributed by atoms with E-state index in [0.717, 1.165) is 0 Å². The molecule has 15 heavy (non-hydrogen) atoms. The van der Waals surface area contributed by atoms with E-state index in [4.69, 9.17) is 11.6 Å². The second-order valence-corrected chi connectivity index (χ2v) is 6.14. The van der Waals surface area contributed by atoms with Gasteiger partial charge in [-0.1, -0.05) is 49.5 Å². The molecule has 0 unspecified atom stereocenters. The monoisotopic (exact) mass is 358 g/mol. The van der Waals surface area contributed by atoms with E-state index in [2.05, 4.69) is 36.6 Å². The fourth-order valence-corrected chi connectivity index (χ4v) is 1.85. The van der Waals surface area contributed by atoms with Gasteiger partial charge in [0.1, 0.15) is 0 Å². The van der Waals surface area contributed by atoms with E-state index in [-0.39, 0.29) is 14.5 Å². The Morgan fingerprint density at radius 2 is 2.13 bits per heavy atom. The molecule has 0 N–H and O–H groups in total. The zero-order valence-corrected chi connectivity index (χ0v) is 11.5. The predicted molar refractivity (Wildman–Crippen MR) is 63.3 cm³/mol. The van der Waals surface area contributed by atoms with Gasteiger partial charge in [-0.15, -0.1) is 0 Å². The third-order valence-electron chi connectivity index (χ3n) is 1.56. The molecule has 1 aromatic rings. The maximum absolute atomic E-state index is 13.7. The average Bonchev–Trinajstić information content (AvgIpc) is 2.11. The molecule has 0 heterocycles. The first-order valence-corrected chi connectivity index (χ1v) is 6.09. The van der Waals surface area contributed by atoms with Crippen molar-refractivity contribution in [3.05, 3.63) is 28.5 Å². The molecule has 0 amide bonds. The number of hydrogen-bond donors (Lipinski definition) is 0. The molecule has 0 saturated carbocycles. The standard InChI is InChI=1S/C9H6Br2ClFO2/c1-4(14)15-8-6(12)3-2-5(7(8)13)9(10)11/h2-3,9H,1H3. The van der Waals surface area contributed by atoms with Crippen molar-refractivity contribution >= 4 is 49.4 Å². The van der Waals surface area contributed by atoms with Gasteiger partial charge in [-0.05, 0) is 6.07 Å². The van der Waals surface area contributed by atoms with E-state index in [1.807, 2.05) is 0 Å². The van der Waals surface area contributed by atoms with Gasteiger partial charge in [0.15, 0.2) is 11.6 Å². The number of rotatable bonds is 2. The van der Waals surface area contributed by atoms with Gasteiger partial charge in [0.25, 0.3) is 0 Å². The molecule has 0 aliphatic rings. The summed E-state index contributed by atoms with van der Waals surface area (Å²) >= 11 is 12.0. The van der Waals surface area contributed by atoms with Crippen molar-refractivity contribution in [1.82, 2.24) is 0 Å². The van der Waals surface area contributed by atoms with Crippen LogP contribution in [0.2, 0.25) is 5.02 Å². The topological polar surface area (TPSA) is 26.3 Å². The molecule has 0 atom stereocenters. The lowest BCUT2D eigenvalue weighted by Crippen LogP contribution is -2.05. The molecule has 1 rings (SSSR count). The van der Waals surface area contributed by atoms with Gasteiger partial charge in [0.05, 0.1) is 8.76 Å². The number of halogens is 4. The van der Waals surface area contributed by atoms with Crippen molar-refractivity contribution in [2.45, 2.75) is 10.7 Å². The average molecular weight is 360 g/mol. The molecule has 0 saturated heterocycles. The lowest BCUT2D eigenvalue weighted by atomic mass is 10.2. The Balaban J connectivity index is 3.23. The number of hydrogen-bond acceptors (Lipinski definition) is 2. The number of alkyl halides is 2. The van der Waals surface area contributed by atoms with E-state index in [0.29, 0.717) is 5.56 Å². The van der Waals surface area contributed by atoms with Gasteiger partial charge in [-0.3, -0.25) is 4.79 Å². The van der Waals surface area contributed by atoms with Crippen LogP contribution in [-0.2, 0) is 4.79 Å². The fraction of sp³-hybridized carbons (Fsp3) is 0.222. The Hall–Kier alpha value is -0.130. The first-order chi connectivity index (χ1) is 6.93. The molecular formula is C9H6Br2ClFO2. The summed E-state index contributed by atoms with van der Waals surface area (Å²) in [5.41, 5.74) is 0.315. The minimum Gasteiger partial charge on any atom is -0.422 e. The number of carbonyl (C=O) groups is 1. The Kier molecular flexibility index (Phi) is 4.55. The van der Waals surface area contributed by atoms with Crippen LogP contribution >= 0.6 is 43.5 Å². The smallest absolute Gasteiger partial charge is 0.308 e. The zero-order valence-electron chi connectivity index (χ0n) is 7.56. The molecule has 6 heteroatoms. The van der Waals surface area contributed by atoms with Gasteiger partial charge in [0.2, 0.25) is 0 Å². The first-order valence-electron chi connectivity index (χ1n) is 3.88. The van der Waals surface area contributed by atoms with Crippen LogP contribution in [0.4, 0.5) is 4.39 Å². The summed E-state index contributed by atoms with van der Waals surface area (Å²) in [6.45, 7) is 1.18. The Bertz CT molecular complexity index is 396. The van der Waals surface area contributed by atoms with Gasteiger partial charge < -0.3 is 4.74 Å². The summed E-state index contributed by atoms with van der Waals surface area (Å²) in [5, 5.41) is 0.0621. The minimum atomic E-state index is -0.656. The highest BCUT2D eigenvalue weighted by Gasteiger charge is 2.18. The quantitative estimate of drug-likeness (QED) is 0.449. The van der Waals surface area contributed by atoms with E-state index in [1.54, 1.807) is 0 Å². The van der Waals surface area contributed by atoms with Crippen LogP contribution in [0, 0.1) is 5.82 Å². The third-order valence-corrected chi connectivity index (χ3v) is 2.84. The van der Waals surface area contributed by atoms with Gasteiger partial charge >= 0.3 is 5.97 Å². The third kappa shape index (κ3) is 3.16. The molecule has 0 fully saturated rings. The van der Waals surface area contributed by atoms with E-state index in [9.17, 15) is 9.18 Å². The summed E-state index contributed by atoms with van der Waals surface area (Å²) in [6.07, 6.45) is 0. The summed E-state index contributed by atoms with van der Waals surface area (Å²) in [5.74, 6) is -1.52. The highest BCUT2D eigenvalue weighted by molar-refractivity contribution is 9.24. The molecule has 0 aliphatic heterocycles. The van der Waals surface area contributed by atoms with E-state index in [1.165, 1.54) is 19.1 Å². The highest BCUT2D eigenvalue weighted by Crippen LogP contribution is 2.38. The minimum absolute atomic E-state index is 0.0621.